The van der Waals surface area contributed by atoms with Crippen molar-refractivity contribution >= 4 is 23.1 Å². The maximum atomic E-state index is 5.49. The number of furan rings is 1. The third-order valence-corrected chi connectivity index (χ3v) is 4.74. The Morgan fingerprint density at radius 3 is 2.73 bits per heavy atom. The average Bonchev–Trinajstić information content (AvgIpc) is 3.20. The SMILES string of the molecule is CN(C)CCSc1nc(-c2ccco2)cc(-c2cccs2)n1. The summed E-state index contributed by atoms with van der Waals surface area (Å²) in [5.74, 6) is 1.73. The standard InChI is InChI=1S/C16H17N3OS2/c1-19(2)7-10-22-16-17-12(14-5-3-8-20-14)11-13(18-16)15-6-4-9-21-15/h3-6,8-9,11H,7,10H2,1-2H3. The topological polar surface area (TPSA) is 42.2 Å². The minimum Gasteiger partial charge on any atom is -0.463 e. The quantitative estimate of drug-likeness (QED) is 0.502. The normalized spacial score (nSPS) is 11.2. The molecule has 0 unspecified atom stereocenters. The fourth-order valence-corrected chi connectivity index (χ4v) is 3.56. The van der Waals surface area contributed by atoms with Gasteiger partial charge in [0.05, 0.1) is 16.8 Å². The molecule has 0 amide bonds. The minimum absolute atomic E-state index is 0.773. The highest BCUT2D eigenvalue weighted by Gasteiger charge is 2.11. The van der Waals surface area contributed by atoms with Crippen LogP contribution in [0.4, 0.5) is 0 Å². The average molecular weight is 331 g/mol. The molecule has 0 atom stereocenters. The van der Waals surface area contributed by atoms with E-state index in [1.54, 1.807) is 29.4 Å². The lowest BCUT2D eigenvalue weighted by atomic mass is 10.2. The van der Waals surface area contributed by atoms with Gasteiger partial charge in [0.25, 0.3) is 0 Å². The lowest BCUT2D eigenvalue weighted by Crippen LogP contribution is -2.15. The van der Waals surface area contributed by atoms with Crippen LogP contribution in [-0.2, 0) is 0 Å². The van der Waals surface area contributed by atoms with Crippen LogP contribution in [0, 0.1) is 0 Å². The summed E-state index contributed by atoms with van der Waals surface area (Å²) in [4.78, 5) is 12.6. The molecule has 0 aliphatic heterocycles. The van der Waals surface area contributed by atoms with E-state index in [2.05, 4.69) is 40.4 Å². The van der Waals surface area contributed by atoms with Gasteiger partial charge in [0.2, 0.25) is 0 Å². The lowest BCUT2D eigenvalue weighted by Gasteiger charge is -2.09. The molecule has 3 aromatic rings. The summed E-state index contributed by atoms with van der Waals surface area (Å²) in [5.41, 5.74) is 1.78. The summed E-state index contributed by atoms with van der Waals surface area (Å²) in [6.07, 6.45) is 1.67. The van der Waals surface area contributed by atoms with Crippen molar-refractivity contribution in [1.29, 1.82) is 0 Å². The van der Waals surface area contributed by atoms with E-state index in [1.807, 2.05) is 24.3 Å². The predicted octanol–water partition coefficient (Wildman–Crippen LogP) is 4.12. The summed E-state index contributed by atoms with van der Waals surface area (Å²) in [7, 11) is 4.13. The maximum Gasteiger partial charge on any atom is 0.188 e. The van der Waals surface area contributed by atoms with E-state index in [9.17, 15) is 0 Å². The highest BCUT2D eigenvalue weighted by Crippen LogP contribution is 2.29. The van der Waals surface area contributed by atoms with Gasteiger partial charge in [0.15, 0.2) is 10.9 Å². The number of thioether (sulfide) groups is 1. The van der Waals surface area contributed by atoms with E-state index < -0.39 is 0 Å². The van der Waals surface area contributed by atoms with Crippen LogP contribution in [0.5, 0.6) is 0 Å². The van der Waals surface area contributed by atoms with Crippen LogP contribution in [-0.4, -0.2) is 41.3 Å². The molecule has 0 aliphatic rings. The highest BCUT2D eigenvalue weighted by atomic mass is 32.2. The molecule has 0 aliphatic carbocycles. The molecule has 0 radical (unpaired) electrons. The van der Waals surface area contributed by atoms with Crippen molar-refractivity contribution in [2.75, 3.05) is 26.4 Å². The zero-order valence-electron chi connectivity index (χ0n) is 12.5. The Hall–Kier alpha value is -1.63. The molecule has 3 aromatic heterocycles. The molecule has 3 heterocycles. The molecule has 0 bridgehead atoms. The van der Waals surface area contributed by atoms with Gasteiger partial charge in [0, 0.05) is 12.3 Å². The molecule has 114 valence electrons. The van der Waals surface area contributed by atoms with Crippen molar-refractivity contribution in [3.05, 3.63) is 42.0 Å². The first-order valence-electron chi connectivity index (χ1n) is 6.97. The Kier molecular flexibility index (Phi) is 4.92. The second-order valence-electron chi connectivity index (χ2n) is 5.03. The van der Waals surface area contributed by atoms with Crippen LogP contribution in [0.2, 0.25) is 0 Å². The molecular formula is C16H17N3OS2. The van der Waals surface area contributed by atoms with Gasteiger partial charge in [-0.1, -0.05) is 17.8 Å². The first kappa shape index (κ1) is 15.3. The van der Waals surface area contributed by atoms with Gasteiger partial charge in [-0.05, 0) is 43.7 Å². The first-order chi connectivity index (χ1) is 10.7. The van der Waals surface area contributed by atoms with Crippen molar-refractivity contribution in [2.45, 2.75) is 5.16 Å². The minimum atomic E-state index is 0.773. The Morgan fingerprint density at radius 2 is 2.05 bits per heavy atom. The van der Waals surface area contributed by atoms with Crippen LogP contribution in [0.3, 0.4) is 0 Å². The van der Waals surface area contributed by atoms with Gasteiger partial charge in [-0.25, -0.2) is 9.97 Å². The van der Waals surface area contributed by atoms with Crippen LogP contribution in [0.1, 0.15) is 0 Å². The number of nitrogens with zero attached hydrogens (tertiary/aromatic N) is 3. The highest BCUT2D eigenvalue weighted by molar-refractivity contribution is 7.99. The number of aromatic nitrogens is 2. The van der Waals surface area contributed by atoms with E-state index in [0.717, 1.165) is 39.5 Å². The van der Waals surface area contributed by atoms with E-state index in [4.69, 9.17) is 4.42 Å². The van der Waals surface area contributed by atoms with Gasteiger partial charge in [-0.3, -0.25) is 0 Å². The summed E-state index contributed by atoms with van der Waals surface area (Å²) in [5, 5.41) is 2.85. The number of rotatable bonds is 6. The summed E-state index contributed by atoms with van der Waals surface area (Å²) >= 11 is 3.35. The Balaban J connectivity index is 1.91. The number of hydrogen-bond acceptors (Lipinski definition) is 6. The predicted molar refractivity (Wildman–Crippen MR) is 92.3 cm³/mol. The Morgan fingerprint density at radius 1 is 1.18 bits per heavy atom. The second kappa shape index (κ2) is 7.09. The molecule has 6 heteroatoms. The summed E-state index contributed by atoms with van der Waals surface area (Å²) in [6.45, 7) is 0.993. The molecule has 3 rings (SSSR count). The molecule has 0 N–H and O–H groups in total. The first-order valence-corrected chi connectivity index (χ1v) is 8.83. The van der Waals surface area contributed by atoms with Crippen molar-refractivity contribution in [1.82, 2.24) is 14.9 Å². The summed E-state index contributed by atoms with van der Waals surface area (Å²) in [6, 6.07) is 9.90. The molecule has 0 saturated heterocycles. The van der Waals surface area contributed by atoms with E-state index in [0.29, 0.717) is 0 Å². The Labute approximate surface area is 138 Å². The number of thiophene rings is 1. The van der Waals surface area contributed by atoms with Crippen LogP contribution < -0.4 is 0 Å². The van der Waals surface area contributed by atoms with E-state index >= 15 is 0 Å². The fourth-order valence-electron chi connectivity index (χ4n) is 1.91. The largest absolute Gasteiger partial charge is 0.463 e. The van der Waals surface area contributed by atoms with E-state index in [-0.39, 0.29) is 0 Å². The van der Waals surface area contributed by atoms with Gasteiger partial charge in [-0.15, -0.1) is 11.3 Å². The molecule has 0 fully saturated rings. The Bertz CT molecular complexity index is 657. The third-order valence-electron chi connectivity index (χ3n) is 3.02. The molecule has 22 heavy (non-hydrogen) atoms. The lowest BCUT2D eigenvalue weighted by molar-refractivity contribution is 0.437. The maximum absolute atomic E-state index is 5.49. The smallest absolute Gasteiger partial charge is 0.188 e. The van der Waals surface area contributed by atoms with Crippen molar-refractivity contribution in [2.24, 2.45) is 0 Å². The molecule has 0 spiro atoms. The van der Waals surface area contributed by atoms with E-state index in [1.165, 1.54) is 0 Å². The molecule has 0 saturated carbocycles. The second-order valence-corrected chi connectivity index (χ2v) is 7.04. The van der Waals surface area contributed by atoms with Crippen LogP contribution >= 0.6 is 23.1 Å². The third kappa shape index (κ3) is 3.76. The van der Waals surface area contributed by atoms with Crippen molar-refractivity contribution in [3.8, 4) is 22.0 Å². The van der Waals surface area contributed by atoms with Crippen molar-refractivity contribution in [3.63, 3.8) is 0 Å². The molecular weight excluding hydrogens is 314 g/mol. The van der Waals surface area contributed by atoms with Crippen LogP contribution in [0.15, 0.2) is 51.5 Å². The fraction of sp³-hybridized carbons (Fsp3) is 0.250. The molecule has 0 aromatic carbocycles. The summed E-state index contributed by atoms with van der Waals surface area (Å²) < 4.78 is 5.49. The zero-order chi connectivity index (χ0) is 15.4. The van der Waals surface area contributed by atoms with Gasteiger partial charge in [-0.2, -0.15) is 0 Å². The monoisotopic (exact) mass is 331 g/mol. The number of hydrogen-bond donors (Lipinski definition) is 0. The molecule has 4 nitrogen and oxygen atoms in total. The van der Waals surface area contributed by atoms with Crippen LogP contribution in [0.25, 0.3) is 22.0 Å². The zero-order valence-corrected chi connectivity index (χ0v) is 14.2. The van der Waals surface area contributed by atoms with Gasteiger partial charge >= 0.3 is 0 Å². The van der Waals surface area contributed by atoms with Gasteiger partial charge in [0.1, 0.15) is 5.69 Å². The van der Waals surface area contributed by atoms with Crippen molar-refractivity contribution < 1.29 is 4.42 Å². The van der Waals surface area contributed by atoms with Gasteiger partial charge < -0.3 is 9.32 Å².